The predicted octanol–water partition coefficient (Wildman–Crippen LogP) is 2.60. The zero-order valence-corrected chi connectivity index (χ0v) is 22.9. The van der Waals surface area contributed by atoms with E-state index in [0.29, 0.717) is 30.5 Å². The van der Waals surface area contributed by atoms with Gasteiger partial charge < -0.3 is 25.0 Å². The van der Waals surface area contributed by atoms with Gasteiger partial charge in [-0.1, -0.05) is 43.0 Å². The first-order chi connectivity index (χ1) is 19.0. The van der Waals surface area contributed by atoms with Gasteiger partial charge in [0.1, 0.15) is 11.6 Å². The third-order valence-corrected chi connectivity index (χ3v) is 9.22. The Labute approximate surface area is 234 Å². The number of hydrogen-bond donors (Lipinski definition) is 2. The van der Waals surface area contributed by atoms with Crippen LogP contribution in [0, 0.1) is 11.8 Å². The number of morpholine rings is 1. The van der Waals surface area contributed by atoms with Gasteiger partial charge in [0.05, 0.1) is 31.2 Å². The highest BCUT2D eigenvalue weighted by molar-refractivity contribution is 6.30. The molecule has 39 heavy (non-hydrogen) atoms. The van der Waals surface area contributed by atoms with Crippen molar-refractivity contribution in [3.05, 3.63) is 41.4 Å². The Morgan fingerprint density at radius 1 is 1.03 bits per heavy atom. The molecular formula is C29H37ClN4O5. The summed E-state index contributed by atoms with van der Waals surface area (Å²) in [4.78, 5) is 45.5. The largest absolute Gasteiger partial charge is 0.379 e. The minimum absolute atomic E-state index is 0.110. The fourth-order valence-corrected chi connectivity index (χ4v) is 7.21. The lowest BCUT2D eigenvalue weighted by atomic mass is 9.74. The summed E-state index contributed by atoms with van der Waals surface area (Å²) in [7, 11) is 0. The lowest BCUT2D eigenvalue weighted by Gasteiger charge is -2.34. The van der Waals surface area contributed by atoms with Crippen LogP contribution in [-0.2, 0) is 23.9 Å². The molecule has 3 saturated heterocycles. The van der Waals surface area contributed by atoms with E-state index in [2.05, 4.69) is 15.5 Å². The number of likely N-dealkylation sites (tertiary alicyclic amines) is 1. The highest BCUT2D eigenvalue weighted by Gasteiger charge is 2.72. The molecule has 210 valence electrons. The number of amides is 3. The number of anilines is 1. The fourth-order valence-electron chi connectivity index (χ4n) is 7.08. The average molecular weight is 557 g/mol. The van der Waals surface area contributed by atoms with Gasteiger partial charge in [-0.25, -0.2) is 0 Å². The molecule has 2 bridgehead atoms. The molecule has 1 aromatic rings. The van der Waals surface area contributed by atoms with E-state index in [-0.39, 0.29) is 23.8 Å². The molecular weight excluding hydrogens is 520 g/mol. The number of hydrogen-bond acceptors (Lipinski definition) is 6. The summed E-state index contributed by atoms with van der Waals surface area (Å²) >= 11 is 6.00. The summed E-state index contributed by atoms with van der Waals surface area (Å²) in [5, 5.41) is 6.75. The lowest BCUT2D eigenvalue weighted by Crippen LogP contribution is -2.56. The van der Waals surface area contributed by atoms with E-state index in [1.54, 1.807) is 29.2 Å². The van der Waals surface area contributed by atoms with Crippen LogP contribution in [0.25, 0.3) is 0 Å². The monoisotopic (exact) mass is 556 g/mol. The van der Waals surface area contributed by atoms with Crippen molar-refractivity contribution in [3.8, 4) is 0 Å². The zero-order chi connectivity index (χ0) is 27.0. The standard InChI is InChI=1S/C29H37ClN4O5/c30-19-7-9-21(10-8-19)31-26(35)23-22-11-12-29(39-22)24(23)28(37)34(14-4-13-33-15-17-38-18-16-33)25(29)27(36)32-20-5-2-1-3-6-20/h7-12,20,22-25H,1-6,13-18H2,(H,31,35)(H,32,36)/t22-,23-,24-,25+,29-/m0/s1. The first-order valence-corrected chi connectivity index (χ1v) is 14.7. The third kappa shape index (κ3) is 5.10. The number of carbonyl (C=O) groups excluding carboxylic acids is 3. The summed E-state index contributed by atoms with van der Waals surface area (Å²) in [6.45, 7) is 4.42. The predicted molar refractivity (Wildman–Crippen MR) is 146 cm³/mol. The summed E-state index contributed by atoms with van der Waals surface area (Å²) < 4.78 is 11.9. The number of halogens is 1. The van der Waals surface area contributed by atoms with Gasteiger partial charge >= 0.3 is 0 Å². The molecule has 4 aliphatic heterocycles. The molecule has 6 rings (SSSR count). The zero-order valence-electron chi connectivity index (χ0n) is 22.1. The quantitative estimate of drug-likeness (QED) is 0.478. The molecule has 0 unspecified atom stereocenters. The molecule has 1 aliphatic carbocycles. The Kier molecular flexibility index (Phi) is 7.68. The molecule has 0 aromatic heterocycles. The molecule has 4 fully saturated rings. The summed E-state index contributed by atoms with van der Waals surface area (Å²) in [5.41, 5.74) is -0.536. The first kappa shape index (κ1) is 26.7. The normalized spacial score (nSPS) is 32.4. The van der Waals surface area contributed by atoms with E-state index in [0.717, 1.165) is 51.7 Å². The minimum Gasteiger partial charge on any atom is -0.379 e. The third-order valence-electron chi connectivity index (χ3n) is 8.97. The molecule has 5 atom stereocenters. The SMILES string of the molecule is O=C(Nc1ccc(Cl)cc1)[C@H]1[C@@H]2C=C[C@]3(O2)[C@@H]1C(=O)N(CCCN1CCOCC1)[C@@H]3C(=O)NC1CCCCC1. The maximum atomic E-state index is 14.1. The van der Waals surface area contributed by atoms with Crippen LogP contribution < -0.4 is 10.6 Å². The van der Waals surface area contributed by atoms with Gasteiger partial charge in [0, 0.05) is 42.9 Å². The number of fused-ring (bicyclic) bond motifs is 1. The van der Waals surface area contributed by atoms with Crippen molar-refractivity contribution < 1.29 is 23.9 Å². The van der Waals surface area contributed by atoms with Crippen LogP contribution in [0.15, 0.2) is 36.4 Å². The lowest BCUT2D eigenvalue weighted by molar-refractivity contribution is -0.141. The van der Waals surface area contributed by atoms with Crippen LogP contribution in [0.5, 0.6) is 0 Å². The van der Waals surface area contributed by atoms with Crippen molar-refractivity contribution in [2.75, 3.05) is 44.7 Å². The second-order valence-corrected chi connectivity index (χ2v) is 11.8. The Balaban J connectivity index is 1.23. The van der Waals surface area contributed by atoms with Gasteiger partial charge in [-0.15, -0.1) is 0 Å². The Morgan fingerprint density at radius 3 is 2.51 bits per heavy atom. The van der Waals surface area contributed by atoms with Crippen LogP contribution in [0.2, 0.25) is 5.02 Å². The van der Waals surface area contributed by atoms with Gasteiger partial charge in [0.15, 0.2) is 0 Å². The van der Waals surface area contributed by atoms with Gasteiger partial charge in [-0.2, -0.15) is 0 Å². The number of nitrogens with one attached hydrogen (secondary N) is 2. The van der Waals surface area contributed by atoms with Crippen LogP contribution in [0.3, 0.4) is 0 Å². The molecule has 0 radical (unpaired) electrons. The average Bonchev–Trinajstić information content (AvgIpc) is 3.58. The van der Waals surface area contributed by atoms with E-state index < -0.39 is 29.6 Å². The van der Waals surface area contributed by atoms with E-state index in [1.165, 1.54) is 6.42 Å². The van der Waals surface area contributed by atoms with Crippen molar-refractivity contribution >= 4 is 35.0 Å². The first-order valence-electron chi connectivity index (χ1n) is 14.3. The van der Waals surface area contributed by atoms with E-state index in [9.17, 15) is 14.4 Å². The maximum absolute atomic E-state index is 14.1. The number of ether oxygens (including phenoxy) is 2. The second-order valence-electron chi connectivity index (χ2n) is 11.4. The van der Waals surface area contributed by atoms with Crippen molar-refractivity contribution in [3.63, 3.8) is 0 Å². The highest BCUT2D eigenvalue weighted by Crippen LogP contribution is 2.55. The van der Waals surface area contributed by atoms with Crippen LogP contribution in [0.1, 0.15) is 38.5 Å². The maximum Gasteiger partial charge on any atom is 0.246 e. The number of nitrogens with zero attached hydrogens (tertiary/aromatic N) is 2. The van der Waals surface area contributed by atoms with Crippen LogP contribution >= 0.6 is 11.6 Å². The minimum atomic E-state index is -1.14. The molecule has 5 aliphatic rings. The van der Waals surface area contributed by atoms with Gasteiger partial charge in [-0.3, -0.25) is 19.3 Å². The topological polar surface area (TPSA) is 100 Å². The number of benzene rings is 1. The van der Waals surface area contributed by atoms with Gasteiger partial charge in [0.25, 0.3) is 0 Å². The molecule has 1 saturated carbocycles. The Morgan fingerprint density at radius 2 is 1.77 bits per heavy atom. The molecule has 9 nitrogen and oxygen atoms in total. The molecule has 3 amide bonds. The highest BCUT2D eigenvalue weighted by atomic mass is 35.5. The summed E-state index contributed by atoms with van der Waals surface area (Å²) in [5.74, 6) is -2.09. The van der Waals surface area contributed by atoms with Crippen molar-refractivity contribution in [2.24, 2.45) is 11.8 Å². The van der Waals surface area contributed by atoms with E-state index in [4.69, 9.17) is 21.1 Å². The fraction of sp³-hybridized carbons (Fsp3) is 0.621. The summed E-state index contributed by atoms with van der Waals surface area (Å²) in [6.07, 6.45) is 9.19. The molecule has 1 aromatic carbocycles. The molecule has 10 heteroatoms. The van der Waals surface area contributed by atoms with E-state index >= 15 is 0 Å². The van der Waals surface area contributed by atoms with Crippen molar-refractivity contribution in [1.82, 2.24) is 15.1 Å². The van der Waals surface area contributed by atoms with Crippen molar-refractivity contribution in [2.45, 2.75) is 62.3 Å². The van der Waals surface area contributed by atoms with E-state index in [1.807, 2.05) is 12.2 Å². The molecule has 2 N–H and O–H groups in total. The number of carbonyl (C=O) groups is 3. The smallest absolute Gasteiger partial charge is 0.246 e. The Hall–Kier alpha value is -2.46. The Bertz CT molecular complexity index is 1120. The second kappa shape index (κ2) is 11.2. The molecule has 4 heterocycles. The molecule has 1 spiro atoms. The van der Waals surface area contributed by atoms with Gasteiger partial charge in [-0.05, 0) is 43.5 Å². The van der Waals surface area contributed by atoms with Crippen molar-refractivity contribution in [1.29, 1.82) is 0 Å². The van der Waals surface area contributed by atoms with Crippen LogP contribution in [-0.4, -0.2) is 90.7 Å². The number of rotatable bonds is 8. The van der Waals surface area contributed by atoms with Gasteiger partial charge in [0.2, 0.25) is 17.7 Å². The van der Waals surface area contributed by atoms with Crippen LogP contribution in [0.4, 0.5) is 5.69 Å². The summed E-state index contributed by atoms with van der Waals surface area (Å²) in [6, 6.07) is 6.19.